The van der Waals surface area contributed by atoms with Crippen molar-refractivity contribution < 1.29 is 0 Å². The van der Waals surface area contributed by atoms with E-state index in [2.05, 4.69) is 103 Å². The summed E-state index contributed by atoms with van der Waals surface area (Å²) in [7, 11) is 0. The molecule has 3 heteroatoms. The molecule has 0 atom stereocenters. The zero-order valence-electron chi connectivity index (χ0n) is 21.6. The average Bonchev–Trinajstić information content (AvgIpc) is 3.34. The quantitative estimate of drug-likeness (QED) is 0.204. The number of hydrogen-bond acceptors (Lipinski definition) is 2. The minimum absolute atomic E-state index is 0.633. The number of allylic oxidation sites excluding steroid dienone is 4. The number of benzene rings is 4. The zero-order chi connectivity index (χ0) is 26.8. The van der Waals surface area contributed by atoms with Gasteiger partial charge in [-0.2, -0.15) is 0 Å². The van der Waals surface area contributed by atoms with Crippen molar-refractivity contribution in [2.45, 2.75) is 0 Å². The Morgan fingerprint density at radius 3 is 1.97 bits per heavy atom. The summed E-state index contributed by atoms with van der Waals surface area (Å²) in [6, 6.07) is 35.6. The number of fused-ring (bicyclic) bond motifs is 3. The van der Waals surface area contributed by atoms with Gasteiger partial charge < -0.3 is 4.57 Å². The van der Waals surface area contributed by atoms with Gasteiger partial charge in [-0.25, -0.2) is 9.97 Å². The van der Waals surface area contributed by atoms with E-state index in [0.29, 0.717) is 5.82 Å². The van der Waals surface area contributed by atoms with E-state index in [1.54, 1.807) is 12.2 Å². The summed E-state index contributed by atoms with van der Waals surface area (Å²) >= 11 is 0. The molecule has 3 nitrogen and oxygen atoms in total. The average molecular weight is 502 g/mol. The molecule has 0 bridgehead atoms. The lowest BCUT2D eigenvalue weighted by Gasteiger charge is -2.13. The van der Waals surface area contributed by atoms with Crippen molar-refractivity contribution >= 4 is 33.5 Å². The van der Waals surface area contributed by atoms with Gasteiger partial charge in [0, 0.05) is 27.6 Å². The second-order valence-corrected chi connectivity index (χ2v) is 9.28. The Kier molecular flexibility index (Phi) is 6.32. The minimum Gasteiger partial charge on any atom is -0.309 e. The van der Waals surface area contributed by atoms with Crippen LogP contribution < -0.4 is 0 Å². The molecule has 2 aromatic heterocycles. The Balaban J connectivity index is 1.62. The highest BCUT2D eigenvalue weighted by molar-refractivity contribution is 6.09. The summed E-state index contributed by atoms with van der Waals surface area (Å²) in [6.45, 7) is 11.9. The fourth-order valence-electron chi connectivity index (χ4n) is 5.08. The van der Waals surface area contributed by atoms with E-state index in [1.165, 1.54) is 10.8 Å². The molecule has 6 rings (SSSR count). The van der Waals surface area contributed by atoms with Gasteiger partial charge in [0.1, 0.15) is 0 Å². The van der Waals surface area contributed by atoms with Crippen LogP contribution in [0.5, 0.6) is 0 Å². The monoisotopic (exact) mass is 501 g/mol. The third kappa shape index (κ3) is 4.41. The molecule has 0 N–H and O–H groups in total. The van der Waals surface area contributed by atoms with E-state index in [1.807, 2.05) is 36.4 Å². The summed E-state index contributed by atoms with van der Waals surface area (Å²) in [5, 5.41) is 2.43. The van der Waals surface area contributed by atoms with Crippen molar-refractivity contribution in [1.29, 1.82) is 0 Å². The van der Waals surface area contributed by atoms with Crippen LogP contribution >= 0.6 is 0 Å². The number of aromatic nitrogens is 3. The standard InChI is InChI=1S/C36H27N3/c1-4-14-26(6-3)32-24-33(27-15-8-7-9-16-27)38-36(37-32)28-21-25(5-2)22-29(23-28)39-34-19-12-10-17-30(34)31-18-11-13-20-35(31)39/h4-24H,1-3H2/b26-14+. The van der Waals surface area contributed by atoms with Gasteiger partial charge in [-0.05, 0) is 47.5 Å². The summed E-state index contributed by atoms with van der Waals surface area (Å²) in [5.74, 6) is 0.633. The molecule has 0 radical (unpaired) electrons. The molecule has 0 saturated carbocycles. The maximum Gasteiger partial charge on any atom is 0.160 e. The molecular formula is C36H27N3. The van der Waals surface area contributed by atoms with Crippen LogP contribution in [0.4, 0.5) is 0 Å². The van der Waals surface area contributed by atoms with Crippen LogP contribution in [0.1, 0.15) is 11.3 Å². The van der Waals surface area contributed by atoms with E-state index in [4.69, 9.17) is 9.97 Å². The number of nitrogens with zero attached hydrogens (tertiary/aromatic N) is 3. The molecule has 39 heavy (non-hydrogen) atoms. The largest absolute Gasteiger partial charge is 0.309 e. The maximum absolute atomic E-state index is 5.03. The SMILES string of the molecule is C=C/C=C(\C=C)c1cc(-c2ccccc2)nc(-c2cc(C=C)cc(-n3c4ccccc4c4ccccc43)c2)n1. The van der Waals surface area contributed by atoms with Gasteiger partial charge in [0.05, 0.1) is 22.4 Å². The molecular weight excluding hydrogens is 474 g/mol. The Morgan fingerprint density at radius 1 is 0.667 bits per heavy atom. The third-order valence-electron chi connectivity index (χ3n) is 6.88. The highest BCUT2D eigenvalue weighted by Crippen LogP contribution is 2.34. The second kappa shape index (κ2) is 10.2. The van der Waals surface area contributed by atoms with Crippen LogP contribution in [0.3, 0.4) is 0 Å². The first kappa shape index (κ1) is 24.1. The van der Waals surface area contributed by atoms with Crippen LogP contribution in [0, 0.1) is 0 Å². The molecule has 0 aliphatic heterocycles. The lowest BCUT2D eigenvalue weighted by Crippen LogP contribution is -2.00. The van der Waals surface area contributed by atoms with Crippen LogP contribution in [0.15, 0.2) is 141 Å². The van der Waals surface area contributed by atoms with E-state index in [0.717, 1.165) is 50.4 Å². The molecule has 4 aromatic carbocycles. The normalized spacial score (nSPS) is 11.5. The Hall–Kier alpha value is -5.28. The summed E-state index contributed by atoms with van der Waals surface area (Å²) in [5.41, 5.74) is 8.75. The van der Waals surface area contributed by atoms with Gasteiger partial charge in [0.2, 0.25) is 0 Å². The molecule has 6 aromatic rings. The number of para-hydroxylation sites is 2. The van der Waals surface area contributed by atoms with E-state index < -0.39 is 0 Å². The highest BCUT2D eigenvalue weighted by atomic mass is 15.0. The lowest BCUT2D eigenvalue weighted by molar-refractivity contribution is 1.14. The fraction of sp³-hybridized carbons (Fsp3) is 0. The highest BCUT2D eigenvalue weighted by Gasteiger charge is 2.15. The van der Waals surface area contributed by atoms with Crippen molar-refractivity contribution in [1.82, 2.24) is 14.5 Å². The molecule has 0 aliphatic carbocycles. The zero-order valence-corrected chi connectivity index (χ0v) is 21.6. The van der Waals surface area contributed by atoms with Crippen molar-refractivity contribution in [2.24, 2.45) is 0 Å². The third-order valence-corrected chi connectivity index (χ3v) is 6.88. The molecule has 0 saturated heterocycles. The van der Waals surface area contributed by atoms with Crippen LogP contribution in [-0.4, -0.2) is 14.5 Å². The van der Waals surface area contributed by atoms with E-state index >= 15 is 0 Å². The van der Waals surface area contributed by atoms with Crippen molar-refractivity contribution in [3.8, 4) is 28.3 Å². The Labute approximate surface area is 228 Å². The van der Waals surface area contributed by atoms with E-state index in [9.17, 15) is 0 Å². The number of rotatable bonds is 7. The predicted molar refractivity (Wildman–Crippen MR) is 166 cm³/mol. The second-order valence-electron chi connectivity index (χ2n) is 9.28. The summed E-state index contributed by atoms with van der Waals surface area (Å²) < 4.78 is 2.30. The molecule has 186 valence electrons. The van der Waals surface area contributed by atoms with Gasteiger partial charge in [-0.3, -0.25) is 0 Å². The van der Waals surface area contributed by atoms with Crippen LogP contribution in [0.25, 0.3) is 61.8 Å². The first-order valence-corrected chi connectivity index (χ1v) is 12.9. The first-order valence-electron chi connectivity index (χ1n) is 12.9. The smallest absolute Gasteiger partial charge is 0.160 e. The molecule has 0 spiro atoms. The Bertz CT molecular complexity index is 1850. The lowest BCUT2D eigenvalue weighted by atomic mass is 10.0. The molecule has 0 aliphatic rings. The van der Waals surface area contributed by atoms with Crippen molar-refractivity contribution in [2.75, 3.05) is 0 Å². The fourth-order valence-corrected chi connectivity index (χ4v) is 5.08. The Morgan fingerprint density at radius 2 is 1.33 bits per heavy atom. The van der Waals surface area contributed by atoms with Gasteiger partial charge >= 0.3 is 0 Å². The van der Waals surface area contributed by atoms with Crippen LogP contribution in [-0.2, 0) is 0 Å². The van der Waals surface area contributed by atoms with Gasteiger partial charge in [-0.15, -0.1) is 0 Å². The molecule has 0 unspecified atom stereocenters. The number of hydrogen-bond donors (Lipinski definition) is 0. The first-order chi connectivity index (χ1) is 19.2. The van der Waals surface area contributed by atoms with Crippen LogP contribution in [0.2, 0.25) is 0 Å². The summed E-state index contributed by atoms with van der Waals surface area (Å²) in [4.78, 5) is 10.0. The van der Waals surface area contributed by atoms with Gasteiger partial charge in [0.15, 0.2) is 5.82 Å². The van der Waals surface area contributed by atoms with Gasteiger partial charge in [0.25, 0.3) is 0 Å². The molecule has 2 heterocycles. The molecule has 0 amide bonds. The maximum atomic E-state index is 5.03. The predicted octanol–water partition coefficient (Wildman–Crippen LogP) is 9.31. The topological polar surface area (TPSA) is 30.7 Å². The summed E-state index contributed by atoms with van der Waals surface area (Å²) in [6.07, 6.45) is 7.33. The van der Waals surface area contributed by atoms with Gasteiger partial charge in [-0.1, -0.05) is 111 Å². The van der Waals surface area contributed by atoms with Crippen molar-refractivity contribution in [3.05, 3.63) is 152 Å². The molecule has 0 fully saturated rings. The minimum atomic E-state index is 0.633. The van der Waals surface area contributed by atoms with Crippen molar-refractivity contribution in [3.63, 3.8) is 0 Å². The van der Waals surface area contributed by atoms with E-state index in [-0.39, 0.29) is 0 Å².